The zero-order valence-electron chi connectivity index (χ0n) is 17.1. The summed E-state index contributed by atoms with van der Waals surface area (Å²) in [6.07, 6.45) is 9.15. The first-order chi connectivity index (χ1) is 14.0. The monoisotopic (exact) mass is 418 g/mol. The minimum atomic E-state index is -0.136. The van der Waals surface area contributed by atoms with Crippen LogP contribution in [0.1, 0.15) is 51.9 Å². The molecule has 5 nitrogen and oxygen atoms in total. The molecule has 0 bridgehead atoms. The summed E-state index contributed by atoms with van der Waals surface area (Å²) in [6.45, 7) is 3.91. The molecule has 2 aromatic rings. The Labute approximate surface area is 176 Å². The van der Waals surface area contributed by atoms with E-state index in [2.05, 4.69) is 11.9 Å². The van der Waals surface area contributed by atoms with Gasteiger partial charge in [-0.2, -0.15) is 0 Å². The maximum absolute atomic E-state index is 12.0. The Morgan fingerprint density at radius 1 is 1.28 bits per heavy atom. The van der Waals surface area contributed by atoms with Gasteiger partial charge in [0.25, 0.3) is 5.56 Å². The number of nitrogens with one attached hydrogen (secondary N) is 1. The number of pyridine rings is 1. The molecule has 1 aliphatic heterocycles. The van der Waals surface area contributed by atoms with E-state index in [0.717, 1.165) is 63.5 Å². The molecule has 4 rings (SSSR count). The lowest BCUT2D eigenvalue weighted by atomic mass is 9.59. The number of ether oxygens (including phenoxy) is 2. The van der Waals surface area contributed by atoms with Gasteiger partial charge >= 0.3 is 0 Å². The lowest BCUT2D eigenvalue weighted by Crippen LogP contribution is -2.51. The smallest absolute Gasteiger partial charge is 0.255 e. The Kier molecular flexibility index (Phi) is 6.19. The third kappa shape index (κ3) is 4.05. The van der Waals surface area contributed by atoms with Gasteiger partial charge in [0.2, 0.25) is 0 Å². The molecule has 3 N–H and O–H groups in total. The molecule has 0 radical (unpaired) electrons. The molecule has 6 heteroatoms. The Hall–Kier alpha value is -1.56. The molecular weight excluding hydrogens is 388 g/mol. The molecule has 1 saturated heterocycles. The maximum atomic E-state index is 12.0. The number of halogens is 1. The quantitative estimate of drug-likeness (QED) is 0.740. The van der Waals surface area contributed by atoms with Gasteiger partial charge in [-0.05, 0) is 79.9 Å². The average molecular weight is 419 g/mol. The van der Waals surface area contributed by atoms with Crippen molar-refractivity contribution in [1.82, 2.24) is 4.98 Å². The van der Waals surface area contributed by atoms with E-state index in [-0.39, 0.29) is 23.1 Å². The van der Waals surface area contributed by atoms with Crippen LogP contribution in [0.25, 0.3) is 10.8 Å². The summed E-state index contributed by atoms with van der Waals surface area (Å²) in [5.41, 5.74) is 6.73. The maximum Gasteiger partial charge on any atom is 0.255 e. The Balaban J connectivity index is 1.49. The second-order valence-electron chi connectivity index (χ2n) is 8.63. The van der Waals surface area contributed by atoms with Crippen molar-refractivity contribution >= 4 is 22.4 Å². The fraction of sp³-hybridized carbons (Fsp3) is 0.609. The number of nitrogens with two attached hydrogens (primary N) is 1. The van der Waals surface area contributed by atoms with Crippen LogP contribution in [0, 0.1) is 11.3 Å². The van der Waals surface area contributed by atoms with E-state index < -0.39 is 0 Å². The van der Waals surface area contributed by atoms with E-state index in [4.69, 9.17) is 26.8 Å². The van der Waals surface area contributed by atoms with Gasteiger partial charge in [-0.25, -0.2) is 0 Å². The molecule has 29 heavy (non-hydrogen) atoms. The van der Waals surface area contributed by atoms with Crippen molar-refractivity contribution in [1.29, 1.82) is 0 Å². The third-order valence-corrected chi connectivity index (χ3v) is 7.49. The molecule has 0 spiro atoms. The van der Waals surface area contributed by atoms with E-state index in [0.29, 0.717) is 22.1 Å². The van der Waals surface area contributed by atoms with Crippen molar-refractivity contribution in [2.75, 3.05) is 13.2 Å². The summed E-state index contributed by atoms with van der Waals surface area (Å²) in [7, 11) is 0. The second kappa shape index (κ2) is 8.66. The summed E-state index contributed by atoms with van der Waals surface area (Å²) in [5, 5.41) is 1.91. The molecule has 0 amide bonds. The standard InChI is InChI=1S/C23H31ClN2O3/c1-2-21(25)23(16-6-11-28-12-7-16)8-3-17(4-9-23)29-20-13-15-5-10-26-22(27)18(15)14-19(20)24/h5,10,13-14,16-17,21H,2-4,6-9,11-12,25H2,1H3,(H,26,27)/t17-,21-,23-/m0/s1. The predicted molar refractivity (Wildman–Crippen MR) is 117 cm³/mol. The Bertz CT molecular complexity index is 899. The highest BCUT2D eigenvalue weighted by molar-refractivity contribution is 6.32. The van der Waals surface area contributed by atoms with Gasteiger partial charge in [-0.3, -0.25) is 4.79 Å². The SMILES string of the molecule is CC[C@H](N)[C@]1(C2CCOCC2)CC[C@@H](Oc2cc3cc[nH]c(=O)c3cc2Cl)CC1. The van der Waals surface area contributed by atoms with Gasteiger partial charge in [-0.15, -0.1) is 0 Å². The van der Waals surface area contributed by atoms with Crippen molar-refractivity contribution in [3.8, 4) is 5.75 Å². The Morgan fingerprint density at radius 3 is 2.69 bits per heavy atom. The summed E-state index contributed by atoms with van der Waals surface area (Å²) < 4.78 is 11.9. The summed E-state index contributed by atoms with van der Waals surface area (Å²) >= 11 is 6.43. The minimum absolute atomic E-state index is 0.129. The average Bonchev–Trinajstić information content (AvgIpc) is 2.76. The highest BCUT2D eigenvalue weighted by Gasteiger charge is 2.46. The van der Waals surface area contributed by atoms with Crippen LogP contribution in [0.5, 0.6) is 5.75 Å². The normalized spacial score (nSPS) is 27.1. The molecule has 2 aliphatic rings. The summed E-state index contributed by atoms with van der Waals surface area (Å²) in [5.74, 6) is 1.30. The zero-order chi connectivity index (χ0) is 20.4. The van der Waals surface area contributed by atoms with Gasteiger partial charge in [0.05, 0.1) is 11.1 Å². The van der Waals surface area contributed by atoms with E-state index in [1.807, 2.05) is 12.1 Å². The number of aromatic nitrogens is 1. The third-order valence-electron chi connectivity index (χ3n) is 7.20. The number of benzene rings is 1. The van der Waals surface area contributed by atoms with Crippen LogP contribution in [0.2, 0.25) is 5.02 Å². The van der Waals surface area contributed by atoms with Crippen LogP contribution in [0.3, 0.4) is 0 Å². The molecule has 0 unspecified atom stereocenters. The number of aromatic amines is 1. The molecule has 1 aliphatic carbocycles. The lowest BCUT2D eigenvalue weighted by molar-refractivity contribution is -0.0398. The molecule has 158 valence electrons. The van der Waals surface area contributed by atoms with Crippen molar-refractivity contribution in [3.05, 3.63) is 39.8 Å². The van der Waals surface area contributed by atoms with E-state index in [1.54, 1.807) is 12.3 Å². The molecule has 2 fully saturated rings. The van der Waals surface area contributed by atoms with Crippen molar-refractivity contribution in [2.24, 2.45) is 17.1 Å². The van der Waals surface area contributed by atoms with Gasteiger partial charge in [0, 0.05) is 30.8 Å². The van der Waals surface area contributed by atoms with E-state index in [1.165, 1.54) is 0 Å². The topological polar surface area (TPSA) is 77.3 Å². The summed E-state index contributed by atoms with van der Waals surface area (Å²) in [4.78, 5) is 14.7. The van der Waals surface area contributed by atoms with E-state index in [9.17, 15) is 4.79 Å². The van der Waals surface area contributed by atoms with Gasteiger partial charge in [0.1, 0.15) is 5.75 Å². The predicted octanol–water partition coefficient (Wildman–Crippen LogP) is 4.65. The molecule has 2 heterocycles. The minimum Gasteiger partial charge on any atom is -0.489 e. The number of H-pyrrole nitrogens is 1. The number of hydrogen-bond acceptors (Lipinski definition) is 4. The first-order valence-corrected chi connectivity index (χ1v) is 11.2. The lowest BCUT2D eigenvalue weighted by Gasteiger charge is -2.50. The van der Waals surface area contributed by atoms with Crippen LogP contribution in [-0.2, 0) is 4.74 Å². The number of rotatable bonds is 5. The van der Waals surface area contributed by atoms with Crippen molar-refractivity contribution < 1.29 is 9.47 Å². The first kappa shape index (κ1) is 20.7. The molecule has 1 aromatic carbocycles. The van der Waals surface area contributed by atoms with Crippen LogP contribution in [0.4, 0.5) is 0 Å². The van der Waals surface area contributed by atoms with Crippen LogP contribution in [-0.4, -0.2) is 30.3 Å². The van der Waals surface area contributed by atoms with E-state index >= 15 is 0 Å². The van der Waals surface area contributed by atoms with Gasteiger partial charge < -0.3 is 20.2 Å². The van der Waals surface area contributed by atoms with Crippen LogP contribution in [0.15, 0.2) is 29.2 Å². The Morgan fingerprint density at radius 2 is 2.00 bits per heavy atom. The van der Waals surface area contributed by atoms with Crippen molar-refractivity contribution in [2.45, 2.75) is 64.0 Å². The molecule has 1 atom stereocenters. The fourth-order valence-electron chi connectivity index (χ4n) is 5.47. The highest BCUT2D eigenvalue weighted by atomic mass is 35.5. The second-order valence-corrected chi connectivity index (χ2v) is 9.04. The molecule has 1 aromatic heterocycles. The molecular formula is C23H31ClN2O3. The van der Waals surface area contributed by atoms with Crippen LogP contribution < -0.4 is 16.0 Å². The first-order valence-electron chi connectivity index (χ1n) is 10.8. The fourth-order valence-corrected chi connectivity index (χ4v) is 5.67. The van der Waals surface area contributed by atoms with Gasteiger partial charge in [-0.1, -0.05) is 18.5 Å². The largest absolute Gasteiger partial charge is 0.489 e. The number of hydrogen-bond donors (Lipinski definition) is 2. The molecule has 1 saturated carbocycles. The summed E-state index contributed by atoms with van der Waals surface area (Å²) in [6, 6.07) is 5.68. The highest BCUT2D eigenvalue weighted by Crippen LogP contribution is 2.49. The zero-order valence-corrected chi connectivity index (χ0v) is 17.8. The van der Waals surface area contributed by atoms with Crippen LogP contribution >= 0.6 is 11.6 Å². The van der Waals surface area contributed by atoms with Crippen molar-refractivity contribution in [3.63, 3.8) is 0 Å². The van der Waals surface area contributed by atoms with Gasteiger partial charge in [0.15, 0.2) is 0 Å². The number of fused-ring (bicyclic) bond motifs is 1.